The van der Waals surface area contributed by atoms with E-state index in [0.29, 0.717) is 18.7 Å². The summed E-state index contributed by atoms with van der Waals surface area (Å²) < 4.78 is 14.1. The van der Waals surface area contributed by atoms with Gasteiger partial charge in [0, 0.05) is 23.1 Å². The Bertz CT molecular complexity index is 317. The Hall–Kier alpha value is -0.450. The number of halogens is 2. The Kier molecular flexibility index (Phi) is 4.51. The number of aryl methyl sites for hydroxylation is 1. The maximum absolute atomic E-state index is 13.3. The number of aliphatic hydroxyl groups is 1. The predicted molar refractivity (Wildman–Crippen MR) is 57.6 cm³/mol. The van der Waals surface area contributed by atoms with Crippen molar-refractivity contribution in [3.8, 4) is 0 Å². The summed E-state index contributed by atoms with van der Waals surface area (Å²) in [4.78, 5) is 0. The van der Waals surface area contributed by atoms with Gasteiger partial charge in [-0.1, -0.05) is 22.0 Å². The van der Waals surface area contributed by atoms with Crippen LogP contribution in [0.5, 0.6) is 0 Å². The lowest BCUT2D eigenvalue weighted by Gasteiger charge is -2.07. The largest absolute Gasteiger partial charge is 0.395 e. The molecule has 0 radical (unpaired) electrons. The van der Waals surface area contributed by atoms with Crippen LogP contribution in [0, 0.1) is 12.7 Å². The Labute approximate surface area is 91.3 Å². The molecule has 4 heteroatoms. The molecule has 1 aromatic rings. The summed E-state index contributed by atoms with van der Waals surface area (Å²) in [5, 5.41) is 11.5. The molecule has 0 amide bonds. The second-order valence-corrected chi connectivity index (χ2v) is 3.95. The first kappa shape index (κ1) is 11.6. The first-order valence-corrected chi connectivity index (χ1v) is 5.20. The molecule has 0 fully saturated rings. The van der Waals surface area contributed by atoms with Gasteiger partial charge in [-0.15, -0.1) is 0 Å². The van der Waals surface area contributed by atoms with E-state index in [4.69, 9.17) is 5.11 Å². The van der Waals surface area contributed by atoms with E-state index in [1.165, 1.54) is 6.07 Å². The van der Waals surface area contributed by atoms with Gasteiger partial charge in [-0.25, -0.2) is 4.39 Å². The first-order valence-electron chi connectivity index (χ1n) is 4.41. The van der Waals surface area contributed by atoms with Gasteiger partial charge >= 0.3 is 0 Å². The highest BCUT2D eigenvalue weighted by atomic mass is 79.9. The van der Waals surface area contributed by atoms with Gasteiger partial charge in [-0.2, -0.15) is 0 Å². The van der Waals surface area contributed by atoms with Crippen LogP contribution in [0.1, 0.15) is 11.1 Å². The van der Waals surface area contributed by atoms with Crippen molar-refractivity contribution in [3.05, 3.63) is 33.5 Å². The Morgan fingerprint density at radius 2 is 2.21 bits per heavy atom. The molecule has 14 heavy (non-hydrogen) atoms. The summed E-state index contributed by atoms with van der Waals surface area (Å²) in [5.41, 5.74) is 1.63. The highest BCUT2D eigenvalue weighted by Gasteiger charge is 2.04. The summed E-state index contributed by atoms with van der Waals surface area (Å²) >= 11 is 3.26. The fourth-order valence-corrected chi connectivity index (χ4v) is 1.47. The molecule has 0 saturated carbocycles. The highest BCUT2D eigenvalue weighted by molar-refractivity contribution is 9.10. The highest BCUT2D eigenvalue weighted by Crippen LogP contribution is 2.20. The number of nitrogens with one attached hydrogen (secondary N) is 1. The summed E-state index contributed by atoms with van der Waals surface area (Å²) in [6, 6.07) is 3.26. The molecular formula is C10H13BrFNO. The summed E-state index contributed by atoms with van der Waals surface area (Å²) in [7, 11) is 0. The van der Waals surface area contributed by atoms with Crippen LogP contribution in [0.15, 0.2) is 16.6 Å². The van der Waals surface area contributed by atoms with Crippen LogP contribution < -0.4 is 5.32 Å². The third-order valence-electron chi connectivity index (χ3n) is 1.93. The number of benzene rings is 1. The van der Waals surface area contributed by atoms with E-state index in [9.17, 15) is 4.39 Å². The van der Waals surface area contributed by atoms with Crippen molar-refractivity contribution in [1.82, 2.24) is 5.32 Å². The average Bonchev–Trinajstić information content (AvgIpc) is 2.14. The molecule has 0 bridgehead atoms. The van der Waals surface area contributed by atoms with Crippen LogP contribution in [-0.2, 0) is 6.54 Å². The second-order valence-electron chi connectivity index (χ2n) is 3.09. The fraction of sp³-hybridized carbons (Fsp3) is 0.400. The van der Waals surface area contributed by atoms with Crippen LogP contribution in [0.4, 0.5) is 4.39 Å². The number of hydrogen-bond donors (Lipinski definition) is 2. The van der Waals surface area contributed by atoms with Crippen molar-refractivity contribution in [2.45, 2.75) is 13.5 Å². The van der Waals surface area contributed by atoms with Gasteiger partial charge in [0.2, 0.25) is 0 Å². The maximum atomic E-state index is 13.3. The summed E-state index contributed by atoms with van der Waals surface area (Å²) in [6.07, 6.45) is 0. The molecule has 2 N–H and O–H groups in total. The maximum Gasteiger partial charge on any atom is 0.128 e. The molecule has 2 nitrogen and oxygen atoms in total. The zero-order valence-electron chi connectivity index (χ0n) is 7.98. The minimum Gasteiger partial charge on any atom is -0.395 e. The van der Waals surface area contributed by atoms with E-state index in [0.717, 1.165) is 10.0 Å². The van der Waals surface area contributed by atoms with E-state index in [2.05, 4.69) is 21.2 Å². The van der Waals surface area contributed by atoms with Crippen molar-refractivity contribution >= 4 is 15.9 Å². The van der Waals surface area contributed by atoms with Crippen LogP contribution in [-0.4, -0.2) is 18.3 Å². The molecule has 0 heterocycles. The molecule has 0 aliphatic rings. The van der Waals surface area contributed by atoms with Crippen LogP contribution in [0.3, 0.4) is 0 Å². The summed E-state index contributed by atoms with van der Waals surface area (Å²) in [5.74, 6) is -0.229. The van der Waals surface area contributed by atoms with Gasteiger partial charge < -0.3 is 10.4 Å². The first-order chi connectivity index (χ1) is 6.65. The molecule has 0 saturated heterocycles. The number of rotatable bonds is 4. The van der Waals surface area contributed by atoms with Gasteiger partial charge in [-0.3, -0.25) is 0 Å². The monoisotopic (exact) mass is 261 g/mol. The number of aliphatic hydroxyl groups excluding tert-OH is 1. The average molecular weight is 262 g/mol. The molecule has 0 unspecified atom stereocenters. The molecule has 1 rings (SSSR count). The van der Waals surface area contributed by atoms with E-state index in [1.807, 2.05) is 6.92 Å². The standard InChI is InChI=1S/C10H13BrFNO/c1-7-4-8(6-13-2-3-14)10(12)5-9(7)11/h4-5,13-14H,2-3,6H2,1H3. The van der Waals surface area contributed by atoms with Crippen molar-refractivity contribution in [1.29, 1.82) is 0 Å². The van der Waals surface area contributed by atoms with E-state index < -0.39 is 0 Å². The van der Waals surface area contributed by atoms with Gasteiger partial charge in [0.1, 0.15) is 5.82 Å². The minimum atomic E-state index is -0.229. The predicted octanol–water partition coefficient (Wildman–Crippen LogP) is 1.98. The van der Waals surface area contributed by atoms with E-state index >= 15 is 0 Å². The second kappa shape index (κ2) is 5.44. The lowest BCUT2D eigenvalue weighted by molar-refractivity contribution is 0.291. The molecule has 0 aromatic heterocycles. The number of hydrogen-bond acceptors (Lipinski definition) is 2. The van der Waals surface area contributed by atoms with Crippen molar-refractivity contribution in [2.24, 2.45) is 0 Å². The molecule has 1 aromatic carbocycles. The molecule has 0 atom stereocenters. The van der Waals surface area contributed by atoms with E-state index in [-0.39, 0.29) is 12.4 Å². The van der Waals surface area contributed by atoms with Gasteiger partial charge in [-0.05, 0) is 18.6 Å². The Balaban J connectivity index is 2.72. The van der Waals surface area contributed by atoms with E-state index in [1.54, 1.807) is 6.07 Å². The smallest absolute Gasteiger partial charge is 0.128 e. The molecule has 78 valence electrons. The quantitative estimate of drug-likeness (QED) is 0.813. The van der Waals surface area contributed by atoms with Crippen molar-refractivity contribution < 1.29 is 9.50 Å². The lowest BCUT2D eigenvalue weighted by atomic mass is 10.1. The van der Waals surface area contributed by atoms with Crippen LogP contribution in [0.2, 0.25) is 0 Å². The molecule has 0 aliphatic carbocycles. The van der Waals surface area contributed by atoms with Crippen LogP contribution >= 0.6 is 15.9 Å². The van der Waals surface area contributed by atoms with Gasteiger partial charge in [0.25, 0.3) is 0 Å². The zero-order chi connectivity index (χ0) is 10.6. The molecule has 0 aliphatic heterocycles. The SMILES string of the molecule is Cc1cc(CNCCO)c(F)cc1Br. The van der Waals surface area contributed by atoms with Crippen molar-refractivity contribution in [2.75, 3.05) is 13.2 Å². The topological polar surface area (TPSA) is 32.3 Å². The zero-order valence-corrected chi connectivity index (χ0v) is 9.57. The molecule has 0 spiro atoms. The van der Waals surface area contributed by atoms with Crippen LogP contribution in [0.25, 0.3) is 0 Å². The third-order valence-corrected chi connectivity index (χ3v) is 2.79. The fourth-order valence-electron chi connectivity index (χ4n) is 1.15. The molecular weight excluding hydrogens is 249 g/mol. The minimum absolute atomic E-state index is 0.0666. The third kappa shape index (κ3) is 3.04. The Morgan fingerprint density at radius 1 is 1.50 bits per heavy atom. The summed E-state index contributed by atoms with van der Waals surface area (Å²) in [6.45, 7) is 2.91. The van der Waals surface area contributed by atoms with Crippen molar-refractivity contribution in [3.63, 3.8) is 0 Å². The van der Waals surface area contributed by atoms with Gasteiger partial charge in [0.15, 0.2) is 0 Å². The Morgan fingerprint density at radius 3 is 2.86 bits per heavy atom. The lowest BCUT2D eigenvalue weighted by Crippen LogP contribution is -2.18. The normalized spacial score (nSPS) is 10.6. The van der Waals surface area contributed by atoms with Gasteiger partial charge in [0.05, 0.1) is 6.61 Å².